The minimum Gasteiger partial charge on any atom is -0.343 e. The molecule has 0 unspecified atom stereocenters. The molecule has 0 aliphatic rings. The molecule has 0 bridgehead atoms. The Morgan fingerprint density at radius 1 is 1.31 bits per heavy atom. The van der Waals surface area contributed by atoms with Crippen LogP contribution in [0.4, 0.5) is 0 Å². The molecule has 2 heterocycles. The van der Waals surface area contributed by atoms with Gasteiger partial charge < -0.3 is 9.55 Å². The molecule has 16 heavy (non-hydrogen) atoms. The summed E-state index contributed by atoms with van der Waals surface area (Å²) in [7, 11) is 0. The lowest BCUT2D eigenvalue weighted by atomic mass is 10.0. The van der Waals surface area contributed by atoms with E-state index in [1.165, 1.54) is 0 Å². The summed E-state index contributed by atoms with van der Waals surface area (Å²) in [5.41, 5.74) is 0.808. The number of pyridine rings is 1. The summed E-state index contributed by atoms with van der Waals surface area (Å²) in [5.74, 6) is 0.648. The fourth-order valence-corrected chi connectivity index (χ4v) is 2.14. The summed E-state index contributed by atoms with van der Waals surface area (Å²) in [5, 5.41) is 1.02. The SMILES string of the molecule is CCC(CC)Cn1ccc2cc[nH]c(=O)c21. The molecule has 1 N–H and O–H groups in total. The van der Waals surface area contributed by atoms with E-state index in [0.717, 1.165) is 30.3 Å². The number of hydrogen-bond acceptors (Lipinski definition) is 1. The maximum Gasteiger partial charge on any atom is 0.272 e. The first-order valence-electron chi connectivity index (χ1n) is 5.92. The smallest absolute Gasteiger partial charge is 0.272 e. The van der Waals surface area contributed by atoms with E-state index in [4.69, 9.17) is 0 Å². The second-order valence-corrected chi connectivity index (χ2v) is 4.26. The number of H-pyrrole nitrogens is 1. The van der Waals surface area contributed by atoms with Gasteiger partial charge in [0.25, 0.3) is 5.56 Å². The van der Waals surface area contributed by atoms with Crippen LogP contribution < -0.4 is 5.56 Å². The van der Waals surface area contributed by atoms with Gasteiger partial charge in [0.1, 0.15) is 5.52 Å². The van der Waals surface area contributed by atoms with Crippen molar-refractivity contribution in [2.24, 2.45) is 5.92 Å². The third-order valence-corrected chi connectivity index (χ3v) is 3.30. The van der Waals surface area contributed by atoms with Crippen LogP contribution in [-0.2, 0) is 6.54 Å². The molecule has 0 atom stereocenters. The van der Waals surface area contributed by atoms with Crippen molar-refractivity contribution < 1.29 is 0 Å². The maximum atomic E-state index is 11.7. The monoisotopic (exact) mass is 218 g/mol. The lowest BCUT2D eigenvalue weighted by molar-refractivity contribution is 0.425. The van der Waals surface area contributed by atoms with Crippen molar-refractivity contribution in [1.82, 2.24) is 9.55 Å². The molecule has 3 nitrogen and oxygen atoms in total. The molecular formula is C13H18N2O. The molecule has 0 spiro atoms. The molecule has 2 aromatic heterocycles. The van der Waals surface area contributed by atoms with E-state index in [9.17, 15) is 4.79 Å². The van der Waals surface area contributed by atoms with Gasteiger partial charge in [0.05, 0.1) is 0 Å². The van der Waals surface area contributed by atoms with Crippen LogP contribution in [0, 0.1) is 5.92 Å². The molecule has 0 aliphatic carbocycles. The average Bonchev–Trinajstić information content (AvgIpc) is 2.70. The van der Waals surface area contributed by atoms with Crippen molar-refractivity contribution in [2.75, 3.05) is 0 Å². The van der Waals surface area contributed by atoms with Crippen LogP contribution in [-0.4, -0.2) is 9.55 Å². The first-order valence-corrected chi connectivity index (χ1v) is 5.92. The van der Waals surface area contributed by atoms with E-state index in [1.54, 1.807) is 6.20 Å². The molecular weight excluding hydrogens is 200 g/mol. The van der Waals surface area contributed by atoms with Gasteiger partial charge in [0.15, 0.2) is 0 Å². The van der Waals surface area contributed by atoms with Crippen LogP contribution >= 0.6 is 0 Å². The third kappa shape index (κ3) is 1.90. The van der Waals surface area contributed by atoms with E-state index in [0.29, 0.717) is 5.92 Å². The topological polar surface area (TPSA) is 37.8 Å². The Balaban J connectivity index is 2.42. The predicted octanol–water partition coefficient (Wildman–Crippen LogP) is 2.77. The van der Waals surface area contributed by atoms with Gasteiger partial charge >= 0.3 is 0 Å². The summed E-state index contributed by atoms with van der Waals surface area (Å²) in [6, 6.07) is 3.95. The van der Waals surface area contributed by atoms with Gasteiger partial charge in [-0.2, -0.15) is 0 Å². The van der Waals surface area contributed by atoms with Gasteiger partial charge in [-0.05, 0) is 18.1 Å². The number of nitrogens with one attached hydrogen (secondary N) is 1. The van der Waals surface area contributed by atoms with Gasteiger partial charge in [-0.15, -0.1) is 0 Å². The highest BCUT2D eigenvalue weighted by Crippen LogP contribution is 2.16. The number of hydrogen-bond donors (Lipinski definition) is 1. The van der Waals surface area contributed by atoms with Crippen molar-refractivity contribution in [1.29, 1.82) is 0 Å². The molecule has 0 aliphatic heterocycles. The Kier molecular flexibility index (Phi) is 3.13. The molecule has 0 radical (unpaired) electrons. The largest absolute Gasteiger partial charge is 0.343 e. The van der Waals surface area contributed by atoms with Gasteiger partial charge in [-0.3, -0.25) is 4.79 Å². The van der Waals surface area contributed by atoms with Crippen LogP contribution in [0.25, 0.3) is 10.9 Å². The average molecular weight is 218 g/mol. The van der Waals surface area contributed by atoms with E-state index in [2.05, 4.69) is 23.4 Å². The molecule has 0 saturated carbocycles. The highest BCUT2D eigenvalue weighted by atomic mass is 16.1. The first kappa shape index (κ1) is 11.0. The summed E-state index contributed by atoms with van der Waals surface area (Å²) < 4.78 is 2.08. The van der Waals surface area contributed by atoms with E-state index < -0.39 is 0 Å². The number of aromatic nitrogens is 2. The molecule has 0 saturated heterocycles. The molecule has 2 aromatic rings. The quantitative estimate of drug-likeness (QED) is 0.841. The van der Waals surface area contributed by atoms with Crippen LogP contribution in [0.15, 0.2) is 29.3 Å². The van der Waals surface area contributed by atoms with Crippen molar-refractivity contribution >= 4 is 10.9 Å². The van der Waals surface area contributed by atoms with Gasteiger partial charge in [-0.25, -0.2) is 0 Å². The molecule has 2 rings (SSSR count). The molecule has 0 fully saturated rings. The van der Waals surface area contributed by atoms with Crippen molar-refractivity contribution in [2.45, 2.75) is 33.2 Å². The fourth-order valence-electron chi connectivity index (χ4n) is 2.14. The number of fused-ring (bicyclic) bond motifs is 1. The Morgan fingerprint density at radius 2 is 2.06 bits per heavy atom. The standard InChI is InChI=1S/C13H18N2O/c1-3-10(4-2)9-15-8-6-11-5-7-14-13(16)12(11)15/h5-8,10H,3-4,9H2,1-2H3,(H,14,16). The van der Waals surface area contributed by atoms with Crippen molar-refractivity contribution in [3.05, 3.63) is 34.9 Å². The lowest BCUT2D eigenvalue weighted by Crippen LogP contribution is -2.14. The maximum absolute atomic E-state index is 11.7. The van der Waals surface area contributed by atoms with E-state index >= 15 is 0 Å². The van der Waals surface area contributed by atoms with Crippen LogP contribution in [0.5, 0.6) is 0 Å². The summed E-state index contributed by atoms with van der Waals surface area (Å²) in [4.78, 5) is 14.5. The first-order chi connectivity index (χ1) is 7.76. The second-order valence-electron chi connectivity index (χ2n) is 4.26. The molecule has 3 heteroatoms. The highest BCUT2D eigenvalue weighted by Gasteiger charge is 2.09. The molecule has 0 aromatic carbocycles. The van der Waals surface area contributed by atoms with E-state index in [-0.39, 0.29) is 5.56 Å². The Labute approximate surface area is 95.1 Å². The van der Waals surface area contributed by atoms with Crippen LogP contribution in [0.1, 0.15) is 26.7 Å². The zero-order chi connectivity index (χ0) is 11.5. The minimum absolute atomic E-state index is 0.00783. The third-order valence-electron chi connectivity index (χ3n) is 3.30. The highest BCUT2D eigenvalue weighted by molar-refractivity contribution is 5.78. The minimum atomic E-state index is 0.00783. The van der Waals surface area contributed by atoms with E-state index in [1.807, 2.05) is 18.3 Å². The Hall–Kier alpha value is -1.51. The lowest BCUT2D eigenvalue weighted by Gasteiger charge is -2.13. The van der Waals surface area contributed by atoms with Crippen LogP contribution in [0.3, 0.4) is 0 Å². The normalized spacial score (nSPS) is 11.4. The Bertz CT molecular complexity index is 520. The molecule has 0 amide bonds. The fraction of sp³-hybridized carbons (Fsp3) is 0.462. The predicted molar refractivity (Wildman–Crippen MR) is 66.6 cm³/mol. The second kappa shape index (κ2) is 4.56. The zero-order valence-electron chi connectivity index (χ0n) is 9.86. The van der Waals surface area contributed by atoms with Crippen molar-refractivity contribution in [3.63, 3.8) is 0 Å². The number of nitrogens with zero attached hydrogens (tertiary/aromatic N) is 1. The van der Waals surface area contributed by atoms with Crippen LogP contribution in [0.2, 0.25) is 0 Å². The zero-order valence-corrected chi connectivity index (χ0v) is 9.86. The van der Waals surface area contributed by atoms with Gasteiger partial charge in [-0.1, -0.05) is 26.7 Å². The summed E-state index contributed by atoms with van der Waals surface area (Å²) in [6.07, 6.45) is 6.02. The summed E-state index contributed by atoms with van der Waals surface area (Å²) >= 11 is 0. The number of rotatable bonds is 4. The van der Waals surface area contributed by atoms with Crippen molar-refractivity contribution in [3.8, 4) is 0 Å². The Morgan fingerprint density at radius 3 is 2.75 bits per heavy atom. The van der Waals surface area contributed by atoms with Gasteiger partial charge in [0, 0.05) is 24.3 Å². The number of aromatic amines is 1. The van der Waals surface area contributed by atoms with Gasteiger partial charge in [0.2, 0.25) is 0 Å². The summed E-state index contributed by atoms with van der Waals surface area (Å²) in [6.45, 7) is 5.33. The molecule has 86 valence electrons.